The molecule has 5 aromatic rings. The Morgan fingerprint density at radius 2 is 1.69 bits per heavy atom. The smallest absolute Gasteiger partial charge is 0.353 e. The van der Waals surface area contributed by atoms with E-state index in [9.17, 15) is 61.9 Å². The van der Waals surface area contributed by atoms with Crippen molar-refractivity contribution < 1.29 is 70.7 Å². The molecule has 5 N–H and O–H groups in total. The maximum absolute atomic E-state index is 15.6. The van der Waals surface area contributed by atoms with Crippen molar-refractivity contribution in [3.05, 3.63) is 93.0 Å². The third-order valence-electron chi connectivity index (χ3n) is 11.5. The van der Waals surface area contributed by atoms with Crippen molar-refractivity contribution in [2.45, 2.75) is 74.8 Å². The molecular weight excluding hydrogens is 1020 g/mol. The lowest BCUT2D eigenvalue weighted by Crippen LogP contribution is -2.40. The number of hydrogen-bond acceptors (Lipinski definition) is 9. The van der Waals surface area contributed by atoms with Crippen LogP contribution < -0.4 is 20.7 Å². The molecule has 2 unspecified atom stereocenters. The maximum atomic E-state index is 15.6. The average Bonchev–Trinajstić information content (AvgIpc) is 3.74. The van der Waals surface area contributed by atoms with Gasteiger partial charge in [0.15, 0.2) is 21.3 Å². The van der Waals surface area contributed by atoms with Crippen LogP contribution in [-0.4, -0.2) is 90.4 Å². The average molecular weight is 1050 g/mol. The second-order valence-electron chi connectivity index (χ2n) is 16.9. The predicted octanol–water partition coefficient (Wildman–Crippen LogP) is 6.31. The SMILES string of the molecule is CC(C)(C#Cc1ccc(-c2ccc(Cl)c3c(N(CC(=O)NCCN)S(=O)O)nn(CC(F)(F)F)c23)c(C(Cc2cc(F)cc(F)c2)NC(=O)Cn2nc(C(F)(F)F)c3c2C(F)(F)[C@@H]2C[C@H]32)n1)S(C)(=O)=O. The molecule has 1 saturated carbocycles. The summed E-state index contributed by atoms with van der Waals surface area (Å²) >= 11 is 3.44. The van der Waals surface area contributed by atoms with Gasteiger partial charge in [0.25, 0.3) is 17.2 Å². The van der Waals surface area contributed by atoms with E-state index in [1.807, 2.05) is 0 Å². The molecule has 0 saturated heterocycles. The molecule has 3 aromatic heterocycles. The molecule has 0 aliphatic heterocycles. The zero-order valence-corrected chi connectivity index (χ0v) is 38.8. The number of carbonyl (C=O) groups is 2. The van der Waals surface area contributed by atoms with Gasteiger partial charge in [-0.15, -0.1) is 0 Å². The Morgan fingerprint density at radius 1 is 1.03 bits per heavy atom. The van der Waals surface area contributed by atoms with E-state index in [2.05, 4.69) is 37.7 Å². The summed E-state index contributed by atoms with van der Waals surface area (Å²) < 4.78 is 194. The highest BCUT2D eigenvalue weighted by Gasteiger charge is 2.68. The molecule has 2 aromatic carbocycles. The van der Waals surface area contributed by atoms with Crippen molar-refractivity contribution in [3.8, 4) is 23.0 Å². The van der Waals surface area contributed by atoms with Crippen molar-refractivity contribution in [1.82, 2.24) is 35.2 Å². The first kappa shape index (κ1) is 52.0. The fourth-order valence-electron chi connectivity index (χ4n) is 8.03. The Bertz CT molecular complexity index is 3110. The molecule has 3 heterocycles. The number of anilines is 1. The Kier molecular flexibility index (Phi) is 13.9. The topological polar surface area (TPSA) is 207 Å². The maximum Gasteiger partial charge on any atom is 0.435 e. The third kappa shape index (κ3) is 10.6. The minimum Gasteiger partial charge on any atom is -0.353 e. The molecule has 376 valence electrons. The number of hydrogen-bond donors (Lipinski definition) is 4. The largest absolute Gasteiger partial charge is 0.435 e. The van der Waals surface area contributed by atoms with Crippen LogP contribution in [0.5, 0.6) is 0 Å². The molecular formula is C42H38ClF10N9O6S2. The number of nitrogens with zero attached hydrogens (tertiary/aromatic N) is 6. The van der Waals surface area contributed by atoms with Gasteiger partial charge in [0, 0.05) is 48.0 Å². The molecule has 1 fully saturated rings. The monoisotopic (exact) mass is 1050 g/mol. The lowest BCUT2D eigenvalue weighted by atomic mass is 9.93. The van der Waals surface area contributed by atoms with Gasteiger partial charge in [0.2, 0.25) is 11.8 Å². The molecule has 2 amide bonds. The first-order valence-corrected chi connectivity index (χ1v) is 23.9. The van der Waals surface area contributed by atoms with Crippen molar-refractivity contribution in [3.63, 3.8) is 0 Å². The summed E-state index contributed by atoms with van der Waals surface area (Å²) in [6, 6.07) is 5.01. The van der Waals surface area contributed by atoms with Crippen LogP contribution in [0.15, 0.2) is 42.5 Å². The fraction of sp³-hybridized carbons (Fsp3) is 0.405. The number of fused-ring (bicyclic) bond motifs is 4. The number of nitrogens with one attached hydrogen (secondary N) is 2. The zero-order valence-electron chi connectivity index (χ0n) is 36.4. The highest BCUT2D eigenvalue weighted by molar-refractivity contribution is 7.92. The minimum absolute atomic E-state index is 0.0565. The van der Waals surface area contributed by atoms with Crippen LogP contribution in [-0.2, 0) is 62.3 Å². The minimum atomic E-state index is -5.21. The number of aromatic nitrogens is 5. The summed E-state index contributed by atoms with van der Waals surface area (Å²) in [6.07, 6.45) is -10.3. The number of amides is 2. The third-order valence-corrected chi connectivity index (χ3v) is 14.4. The standard InChI is InChI=1S/C42H38ClF10N9O6S2/c1-39(2,70(3,67)68)9-8-23-4-5-24(25-6-7-28(43)33-35(25)61(19-40(46,47)48)59-38(33)62(69(65)66)18-30(63)55-11-10-54)34(56-23)29(14-20-12-21(44)15-22(45)13-20)57-31(64)17-60-37-32(36(58-60)42(51,52)53)26-16-27(26)41(37,49)50/h4-7,12-13,15,26-27,29H,10-11,14,16-19,54H2,1-3H3,(H,55,63)(H,57,64)(H,65,66)/t26-,27+,29?/m0/s1. The first-order chi connectivity index (χ1) is 32.4. The van der Waals surface area contributed by atoms with Crippen LogP contribution in [0.3, 0.4) is 0 Å². The lowest BCUT2D eigenvalue weighted by Gasteiger charge is -2.23. The number of nitrogens with two attached hydrogens (primary N) is 1. The van der Waals surface area contributed by atoms with Crippen molar-refractivity contribution in [1.29, 1.82) is 0 Å². The van der Waals surface area contributed by atoms with Crippen LogP contribution in [0.4, 0.5) is 49.7 Å². The van der Waals surface area contributed by atoms with Crippen LogP contribution in [0, 0.1) is 29.4 Å². The number of sulfone groups is 1. The van der Waals surface area contributed by atoms with Gasteiger partial charge in [-0.2, -0.15) is 45.3 Å². The lowest BCUT2D eigenvalue weighted by molar-refractivity contribution is -0.143. The van der Waals surface area contributed by atoms with Gasteiger partial charge in [-0.05, 0) is 74.4 Å². The molecule has 0 bridgehead atoms. The Labute approximate surface area is 398 Å². The summed E-state index contributed by atoms with van der Waals surface area (Å²) in [5, 5.41) is 11.3. The molecule has 2 aliphatic rings. The van der Waals surface area contributed by atoms with E-state index >= 15 is 8.78 Å². The number of benzene rings is 2. The quantitative estimate of drug-likeness (QED) is 0.0522. The van der Waals surface area contributed by atoms with Crippen molar-refractivity contribution in [2.24, 2.45) is 11.7 Å². The highest BCUT2D eigenvalue weighted by Crippen LogP contribution is 2.68. The van der Waals surface area contributed by atoms with Gasteiger partial charge in [-0.1, -0.05) is 23.6 Å². The fourth-order valence-corrected chi connectivity index (χ4v) is 9.01. The van der Waals surface area contributed by atoms with Gasteiger partial charge in [0.05, 0.1) is 27.7 Å². The number of carbonyl (C=O) groups excluding carboxylic acids is 2. The second-order valence-corrected chi connectivity index (χ2v) is 20.8. The van der Waals surface area contributed by atoms with Gasteiger partial charge < -0.3 is 16.4 Å². The molecule has 7 rings (SSSR count). The predicted molar refractivity (Wildman–Crippen MR) is 233 cm³/mol. The number of rotatable bonds is 15. The molecule has 0 spiro atoms. The summed E-state index contributed by atoms with van der Waals surface area (Å²) in [6.45, 7) is -1.82. The van der Waals surface area contributed by atoms with Crippen LogP contribution in [0.25, 0.3) is 22.0 Å². The first-order valence-electron chi connectivity index (χ1n) is 20.6. The zero-order chi connectivity index (χ0) is 51.6. The van der Waals surface area contributed by atoms with E-state index < -0.39 is 151 Å². The Hall–Kier alpha value is -5.82. The number of halogens is 11. The van der Waals surface area contributed by atoms with Gasteiger partial charge in [-0.3, -0.25) is 23.5 Å². The van der Waals surface area contributed by atoms with E-state index in [0.717, 1.165) is 30.5 Å². The van der Waals surface area contributed by atoms with Gasteiger partial charge in [0.1, 0.15) is 47.4 Å². The summed E-state index contributed by atoms with van der Waals surface area (Å²) in [5.41, 5.74) is -0.117. The van der Waals surface area contributed by atoms with Gasteiger partial charge >= 0.3 is 12.4 Å². The Morgan fingerprint density at radius 3 is 2.29 bits per heavy atom. The number of pyridine rings is 1. The van der Waals surface area contributed by atoms with E-state index in [4.69, 9.17) is 17.3 Å². The van der Waals surface area contributed by atoms with Crippen LogP contribution in [0.1, 0.15) is 66.1 Å². The molecule has 2 aliphatic carbocycles. The van der Waals surface area contributed by atoms with E-state index in [1.165, 1.54) is 26.0 Å². The summed E-state index contributed by atoms with van der Waals surface area (Å²) in [5.74, 6) is -6.58. The second kappa shape index (κ2) is 18.7. The Balaban J connectivity index is 1.46. The molecule has 28 heteroatoms. The molecule has 4 atom stereocenters. The van der Waals surface area contributed by atoms with Crippen LogP contribution >= 0.6 is 11.6 Å². The van der Waals surface area contributed by atoms with Gasteiger partial charge in [-0.25, -0.2) is 30.7 Å². The van der Waals surface area contributed by atoms with Crippen molar-refractivity contribution >= 4 is 61.2 Å². The summed E-state index contributed by atoms with van der Waals surface area (Å²) in [7, 11) is -3.89. The molecule has 15 nitrogen and oxygen atoms in total. The summed E-state index contributed by atoms with van der Waals surface area (Å²) in [4.78, 5) is 31.4. The van der Waals surface area contributed by atoms with E-state index in [0.29, 0.717) is 15.1 Å². The van der Waals surface area contributed by atoms with E-state index in [1.54, 1.807) is 0 Å². The molecule has 70 heavy (non-hydrogen) atoms. The molecule has 0 radical (unpaired) electrons. The van der Waals surface area contributed by atoms with E-state index in [-0.39, 0.29) is 51.6 Å². The van der Waals surface area contributed by atoms with Crippen molar-refractivity contribution in [2.75, 3.05) is 30.2 Å². The number of alkyl halides is 8. The normalized spacial score (nSPS) is 17.3. The van der Waals surface area contributed by atoms with Crippen LogP contribution in [0.2, 0.25) is 5.02 Å². The highest BCUT2D eigenvalue weighted by atomic mass is 35.5.